The third-order valence-electron chi connectivity index (χ3n) is 1.23. The lowest BCUT2D eigenvalue weighted by atomic mass is 10.1. The third-order valence-corrected chi connectivity index (χ3v) is 1.23. The lowest BCUT2D eigenvalue weighted by Crippen LogP contribution is -1.95. The van der Waals surface area contributed by atoms with Crippen molar-refractivity contribution in [2.45, 2.75) is 20.8 Å². The highest BCUT2D eigenvalue weighted by molar-refractivity contribution is 5.26. The van der Waals surface area contributed by atoms with Crippen LogP contribution in [-0.4, -0.2) is 0 Å². The van der Waals surface area contributed by atoms with Crippen molar-refractivity contribution in [3.05, 3.63) is 23.4 Å². The smallest absolute Gasteiger partial charge is 0.00810 e. The van der Waals surface area contributed by atoms with Gasteiger partial charge < -0.3 is 5.73 Å². The third kappa shape index (κ3) is 1.82. The zero-order valence-corrected chi connectivity index (χ0v) is 5.78. The molecular weight excluding hydrogens is 98.1 g/mol. The summed E-state index contributed by atoms with van der Waals surface area (Å²) in [7, 11) is 0. The Morgan fingerprint density at radius 2 is 1.62 bits per heavy atom. The van der Waals surface area contributed by atoms with Gasteiger partial charge in [0.25, 0.3) is 0 Å². The summed E-state index contributed by atoms with van der Waals surface area (Å²) in [5.74, 6) is 0. The Morgan fingerprint density at radius 1 is 1.25 bits per heavy atom. The molecule has 0 aromatic carbocycles. The van der Waals surface area contributed by atoms with Gasteiger partial charge in [-0.2, -0.15) is 0 Å². The van der Waals surface area contributed by atoms with Gasteiger partial charge in [-0.1, -0.05) is 12.2 Å². The van der Waals surface area contributed by atoms with Crippen LogP contribution in [0.15, 0.2) is 23.4 Å². The average Bonchev–Trinajstić information content (AvgIpc) is 1.64. The van der Waals surface area contributed by atoms with Crippen LogP contribution in [0, 0.1) is 0 Å². The molecule has 0 rings (SSSR count). The van der Waals surface area contributed by atoms with E-state index in [1.807, 2.05) is 20.8 Å². The van der Waals surface area contributed by atoms with Gasteiger partial charge in [0.05, 0.1) is 0 Å². The minimum atomic E-state index is 0.859. The molecule has 0 unspecified atom stereocenters. The lowest BCUT2D eigenvalue weighted by molar-refractivity contribution is 1.20. The van der Waals surface area contributed by atoms with Gasteiger partial charge in [0, 0.05) is 5.70 Å². The maximum atomic E-state index is 5.46. The Hall–Kier alpha value is -0.720. The van der Waals surface area contributed by atoms with Crippen LogP contribution in [0.25, 0.3) is 0 Å². The van der Waals surface area contributed by atoms with Crippen LogP contribution in [-0.2, 0) is 0 Å². The fourth-order valence-corrected chi connectivity index (χ4v) is 0.337. The van der Waals surface area contributed by atoms with Crippen molar-refractivity contribution < 1.29 is 0 Å². The van der Waals surface area contributed by atoms with Crippen LogP contribution in [0.1, 0.15) is 20.8 Å². The highest BCUT2D eigenvalue weighted by Crippen LogP contribution is 2.06. The predicted octanol–water partition coefficient (Wildman–Crippen LogP) is 1.82. The largest absolute Gasteiger partial charge is 0.402 e. The van der Waals surface area contributed by atoms with Crippen LogP contribution in [0.5, 0.6) is 0 Å². The molecule has 0 saturated carbocycles. The molecule has 0 atom stereocenters. The fourth-order valence-electron chi connectivity index (χ4n) is 0.337. The van der Waals surface area contributed by atoms with E-state index in [2.05, 4.69) is 6.58 Å². The Bertz CT molecular complexity index is 127. The van der Waals surface area contributed by atoms with E-state index in [1.165, 1.54) is 0 Å². The van der Waals surface area contributed by atoms with Gasteiger partial charge in [-0.05, 0) is 26.3 Å². The molecule has 0 fully saturated rings. The Kier molecular flexibility index (Phi) is 2.32. The van der Waals surface area contributed by atoms with Crippen LogP contribution in [0.4, 0.5) is 0 Å². The van der Waals surface area contributed by atoms with Gasteiger partial charge in [0.2, 0.25) is 0 Å². The molecule has 2 N–H and O–H groups in total. The van der Waals surface area contributed by atoms with Crippen molar-refractivity contribution in [1.29, 1.82) is 0 Å². The highest BCUT2D eigenvalue weighted by atomic mass is 14.6. The molecule has 0 amide bonds. The molecule has 0 radical (unpaired) electrons. The first-order valence-corrected chi connectivity index (χ1v) is 2.64. The van der Waals surface area contributed by atoms with E-state index < -0.39 is 0 Å². The SMILES string of the molecule is C=C(C)/C(C)=C(/C)N. The van der Waals surface area contributed by atoms with Crippen LogP contribution >= 0.6 is 0 Å². The van der Waals surface area contributed by atoms with Gasteiger partial charge >= 0.3 is 0 Å². The second-order valence-electron chi connectivity index (χ2n) is 2.09. The Balaban J connectivity index is 4.23. The number of hydrogen-bond acceptors (Lipinski definition) is 1. The lowest BCUT2D eigenvalue weighted by Gasteiger charge is -1.99. The molecule has 0 aliphatic carbocycles. The monoisotopic (exact) mass is 111 g/mol. The van der Waals surface area contributed by atoms with Crippen molar-refractivity contribution in [1.82, 2.24) is 0 Å². The van der Waals surface area contributed by atoms with Gasteiger partial charge in [-0.3, -0.25) is 0 Å². The summed E-state index contributed by atoms with van der Waals surface area (Å²) in [4.78, 5) is 0. The zero-order valence-electron chi connectivity index (χ0n) is 5.78. The number of hydrogen-bond donors (Lipinski definition) is 1. The van der Waals surface area contributed by atoms with Crippen molar-refractivity contribution in [2.75, 3.05) is 0 Å². The van der Waals surface area contributed by atoms with Gasteiger partial charge in [-0.15, -0.1) is 0 Å². The first-order valence-electron chi connectivity index (χ1n) is 2.64. The summed E-state index contributed by atoms with van der Waals surface area (Å²) in [5, 5.41) is 0. The molecule has 0 aromatic heterocycles. The molecular formula is C7H13N. The summed E-state index contributed by atoms with van der Waals surface area (Å²) < 4.78 is 0. The second-order valence-corrected chi connectivity index (χ2v) is 2.09. The summed E-state index contributed by atoms with van der Waals surface area (Å²) in [6.45, 7) is 9.54. The first-order chi connectivity index (χ1) is 3.55. The average molecular weight is 111 g/mol. The molecule has 0 heterocycles. The molecule has 1 heteroatoms. The maximum Gasteiger partial charge on any atom is 0.00810 e. The number of allylic oxidation sites excluding steroid dienone is 3. The van der Waals surface area contributed by atoms with E-state index in [4.69, 9.17) is 5.73 Å². The van der Waals surface area contributed by atoms with E-state index >= 15 is 0 Å². The molecule has 46 valence electrons. The molecule has 0 saturated heterocycles. The van der Waals surface area contributed by atoms with Gasteiger partial charge in [-0.25, -0.2) is 0 Å². The first kappa shape index (κ1) is 7.28. The molecule has 1 nitrogen and oxygen atoms in total. The predicted molar refractivity (Wildman–Crippen MR) is 37.4 cm³/mol. The normalized spacial score (nSPS) is 12.9. The van der Waals surface area contributed by atoms with Crippen molar-refractivity contribution in [2.24, 2.45) is 5.73 Å². The van der Waals surface area contributed by atoms with Crippen molar-refractivity contribution in [3.8, 4) is 0 Å². The molecule has 0 aliphatic rings. The highest BCUT2D eigenvalue weighted by Gasteiger charge is 1.89. The van der Waals surface area contributed by atoms with E-state index in [0.29, 0.717) is 0 Å². The standard InChI is InChI=1S/C7H13N/c1-5(2)6(3)7(4)8/h1,8H2,2-4H3/b7-6-. The molecule has 0 aliphatic heterocycles. The Morgan fingerprint density at radius 3 is 1.62 bits per heavy atom. The number of rotatable bonds is 1. The molecule has 0 aromatic rings. The van der Waals surface area contributed by atoms with Gasteiger partial charge in [0.1, 0.15) is 0 Å². The minimum Gasteiger partial charge on any atom is -0.402 e. The van der Waals surface area contributed by atoms with E-state index in [-0.39, 0.29) is 0 Å². The van der Waals surface area contributed by atoms with Crippen LogP contribution < -0.4 is 5.73 Å². The number of nitrogens with two attached hydrogens (primary N) is 1. The van der Waals surface area contributed by atoms with Gasteiger partial charge in [0.15, 0.2) is 0 Å². The van der Waals surface area contributed by atoms with Crippen LogP contribution in [0.3, 0.4) is 0 Å². The summed E-state index contributed by atoms with van der Waals surface area (Å²) in [6.07, 6.45) is 0. The van der Waals surface area contributed by atoms with Crippen LogP contribution in [0.2, 0.25) is 0 Å². The maximum absolute atomic E-state index is 5.46. The zero-order chi connectivity index (χ0) is 6.73. The van der Waals surface area contributed by atoms with Crippen molar-refractivity contribution in [3.63, 3.8) is 0 Å². The summed E-state index contributed by atoms with van der Waals surface area (Å²) in [5.41, 5.74) is 8.46. The van der Waals surface area contributed by atoms with E-state index in [9.17, 15) is 0 Å². The second kappa shape index (κ2) is 2.55. The molecule has 0 bridgehead atoms. The van der Waals surface area contributed by atoms with E-state index in [0.717, 1.165) is 16.8 Å². The summed E-state index contributed by atoms with van der Waals surface area (Å²) >= 11 is 0. The summed E-state index contributed by atoms with van der Waals surface area (Å²) in [6, 6.07) is 0. The van der Waals surface area contributed by atoms with Crippen molar-refractivity contribution >= 4 is 0 Å². The Labute approximate surface area is 50.9 Å². The fraction of sp³-hybridized carbons (Fsp3) is 0.429. The van der Waals surface area contributed by atoms with E-state index in [1.54, 1.807) is 0 Å². The molecule has 0 spiro atoms. The quantitative estimate of drug-likeness (QED) is 0.513. The minimum absolute atomic E-state index is 0.859. The topological polar surface area (TPSA) is 26.0 Å². The molecule has 8 heavy (non-hydrogen) atoms.